The molecule has 1 fully saturated rings. The van der Waals surface area contributed by atoms with Gasteiger partial charge in [-0.15, -0.1) is 0 Å². The topological polar surface area (TPSA) is 94.2 Å². The first kappa shape index (κ1) is 19.0. The third kappa shape index (κ3) is 3.39. The minimum Gasteiger partial charge on any atom is -0.497 e. The summed E-state index contributed by atoms with van der Waals surface area (Å²) in [5.74, 6) is -0.269. The number of carbonyl (C=O) groups is 3. The van der Waals surface area contributed by atoms with E-state index in [2.05, 4.69) is 5.32 Å². The number of barbiturate groups is 1. The Morgan fingerprint density at radius 3 is 2.29 bits per heavy atom. The van der Waals surface area contributed by atoms with Crippen LogP contribution in [0.15, 0.2) is 48.0 Å². The number of benzene rings is 2. The number of hydrogen-bond acceptors (Lipinski definition) is 6. The van der Waals surface area contributed by atoms with Crippen molar-refractivity contribution in [3.8, 4) is 17.2 Å². The van der Waals surface area contributed by atoms with Gasteiger partial charge in [0.1, 0.15) is 22.8 Å². The van der Waals surface area contributed by atoms with Crippen molar-refractivity contribution in [2.75, 3.05) is 26.2 Å². The normalized spacial score (nSPS) is 15.5. The quantitative estimate of drug-likeness (QED) is 0.630. The van der Waals surface area contributed by atoms with Crippen LogP contribution in [0.3, 0.4) is 0 Å². The smallest absolute Gasteiger partial charge is 0.336 e. The number of methoxy groups -OCH3 is 3. The van der Waals surface area contributed by atoms with Crippen molar-refractivity contribution >= 4 is 29.6 Å². The Kier molecular flexibility index (Phi) is 5.30. The number of carbonyl (C=O) groups excluding carboxylic acids is 3. The minimum atomic E-state index is -0.849. The molecule has 0 aromatic heterocycles. The molecular formula is C20H18N2O6. The van der Waals surface area contributed by atoms with Crippen LogP contribution in [0.1, 0.15) is 5.56 Å². The number of urea groups is 1. The van der Waals surface area contributed by atoms with Gasteiger partial charge >= 0.3 is 6.03 Å². The van der Waals surface area contributed by atoms with E-state index >= 15 is 0 Å². The molecule has 144 valence electrons. The van der Waals surface area contributed by atoms with Crippen molar-refractivity contribution in [2.24, 2.45) is 0 Å². The molecule has 0 saturated carbocycles. The van der Waals surface area contributed by atoms with Crippen molar-refractivity contribution in [3.63, 3.8) is 0 Å². The Morgan fingerprint density at radius 2 is 1.61 bits per heavy atom. The summed E-state index contributed by atoms with van der Waals surface area (Å²) in [7, 11) is 4.40. The summed E-state index contributed by atoms with van der Waals surface area (Å²) < 4.78 is 15.7. The summed E-state index contributed by atoms with van der Waals surface area (Å²) in [4.78, 5) is 38.5. The molecular weight excluding hydrogens is 364 g/mol. The van der Waals surface area contributed by atoms with Gasteiger partial charge in [0, 0.05) is 11.6 Å². The molecule has 0 spiro atoms. The molecule has 1 N–H and O–H groups in total. The molecule has 1 heterocycles. The lowest BCUT2D eigenvalue weighted by atomic mass is 10.1. The van der Waals surface area contributed by atoms with Gasteiger partial charge in [-0.2, -0.15) is 0 Å². The lowest BCUT2D eigenvalue weighted by molar-refractivity contribution is -0.122. The first-order valence-corrected chi connectivity index (χ1v) is 8.26. The van der Waals surface area contributed by atoms with Crippen LogP contribution >= 0.6 is 0 Å². The fourth-order valence-electron chi connectivity index (χ4n) is 2.78. The Balaban J connectivity index is 2.07. The van der Waals surface area contributed by atoms with E-state index in [1.807, 2.05) is 0 Å². The molecule has 1 saturated heterocycles. The van der Waals surface area contributed by atoms with Crippen LogP contribution in [0.2, 0.25) is 0 Å². The first-order chi connectivity index (χ1) is 13.5. The lowest BCUT2D eigenvalue weighted by Gasteiger charge is -2.27. The highest BCUT2D eigenvalue weighted by molar-refractivity contribution is 6.39. The standard InChI is InChI=1S/C20H18N2O6/c1-26-13-9-8-12(17(11-13)28-3)10-14-18(23)21-20(25)22(19(14)24)15-6-4-5-7-16(15)27-2/h4-11H,1-3H3,(H,21,23,25)/b14-10+. The van der Waals surface area contributed by atoms with E-state index in [1.165, 1.54) is 27.4 Å². The zero-order chi connectivity index (χ0) is 20.3. The fraction of sp³-hybridized carbons (Fsp3) is 0.150. The molecule has 1 aliphatic rings. The van der Waals surface area contributed by atoms with Gasteiger partial charge in [-0.1, -0.05) is 12.1 Å². The van der Waals surface area contributed by atoms with Crippen LogP contribution in [0.5, 0.6) is 17.2 Å². The van der Waals surface area contributed by atoms with Crippen molar-refractivity contribution < 1.29 is 28.6 Å². The maximum Gasteiger partial charge on any atom is 0.336 e. The number of rotatable bonds is 5. The number of para-hydroxylation sites is 2. The van der Waals surface area contributed by atoms with Crippen molar-refractivity contribution in [1.29, 1.82) is 0 Å². The van der Waals surface area contributed by atoms with Gasteiger partial charge in [0.25, 0.3) is 11.8 Å². The second kappa shape index (κ2) is 7.83. The molecule has 4 amide bonds. The van der Waals surface area contributed by atoms with Gasteiger partial charge in [-0.05, 0) is 30.3 Å². The number of ether oxygens (including phenoxy) is 3. The molecule has 0 bridgehead atoms. The van der Waals surface area contributed by atoms with E-state index in [0.717, 1.165) is 4.90 Å². The SMILES string of the molecule is COc1ccc(/C=C2\C(=O)NC(=O)N(c3ccccc3OC)C2=O)c(OC)c1. The fourth-order valence-corrected chi connectivity index (χ4v) is 2.78. The summed E-state index contributed by atoms with van der Waals surface area (Å²) in [6, 6.07) is 10.6. The summed E-state index contributed by atoms with van der Waals surface area (Å²) in [6.45, 7) is 0. The number of nitrogens with one attached hydrogen (secondary N) is 1. The third-order valence-corrected chi connectivity index (χ3v) is 4.17. The first-order valence-electron chi connectivity index (χ1n) is 8.26. The molecule has 0 atom stereocenters. The predicted octanol–water partition coefficient (Wildman–Crippen LogP) is 2.38. The molecule has 0 unspecified atom stereocenters. The van der Waals surface area contributed by atoms with E-state index in [4.69, 9.17) is 14.2 Å². The van der Waals surface area contributed by atoms with Crippen molar-refractivity contribution in [2.45, 2.75) is 0 Å². The molecule has 0 aliphatic carbocycles. The molecule has 3 rings (SSSR count). The molecule has 0 radical (unpaired) electrons. The van der Waals surface area contributed by atoms with Crippen molar-refractivity contribution in [3.05, 3.63) is 53.6 Å². The number of hydrogen-bond donors (Lipinski definition) is 1. The van der Waals surface area contributed by atoms with Crippen LogP contribution in [0.4, 0.5) is 10.5 Å². The van der Waals surface area contributed by atoms with Crippen LogP contribution in [-0.2, 0) is 9.59 Å². The highest BCUT2D eigenvalue weighted by Crippen LogP contribution is 2.32. The molecule has 2 aromatic rings. The minimum absolute atomic E-state index is 0.214. The second-order valence-corrected chi connectivity index (χ2v) is 5.74. The van der Waals surface area contributed by atoms with Gasteiger partial charge < -0.3 is 14.2 Å². The Bertz CT molecular complexity index is 982. The molecule has 28 heavy (non-hydrogen) atoms. The Hall–Kier alpha value is -3.81. The second-order valence-electron chi connectivity index (χ2n) is 5.74. The largest absolute Gasteiger partial charge is 0.497 e. The highest BCUT2D eigenvalue weighted by atomic mass is 16.5. The number of nitrogens with zero attached hydrogens (tertiary/aromatic N) is 1. The molecule has 2 aromatic carbocycles. The van der Waals surface area contributed by atoms with E-state index < -0.39 is 17.8 Å². The van der Waals surface area contributed by atoms with E-state index in [-0.39, 0.29) is 11.3 Å². The summed E-state index contributed by atoms with van der Waals surface area (Å²) >= 11 is 0. The van der Waals surface area contributed by atoms with Crippen LogP contribution in [0, 0.1) is 0 Å². The molecule has 1 aliphatic heterocycles. The highest BCUT2D eigenvalue weighted by Gasteiger charge is 2.38. The van der Waals surface area contributed by atoms with E-state index in [0.29, 0.717) is 22.8 Å². The lowest BCUT2D eigenvalue weighted by Crippen LogP contribution is -2.54. The van der Waals surface area contributed by atoms with Crippen LogP contribution in [-0.4, -0.2) is 39.2 Å². The van der Waals surface area contributed by atoms with E-state index in [1.54, 1.807) is 42.5 Å². The van der Waals surface area contributed by atoms with Gasteiger partial charge in [0.2, 0.25) is 0 Å². The van der Waals surface area contributed by atoms with Crippen molar-refractivity contribution in [1.82, 2.24) is 5.32 Å². The maximum atomic E-state index is 13.0. The average molecular weight is 382 g/mol. The monoisotopic (exact) mass is 382 g/mol. The average Bonchev–Trinajstić information content (AvgIpc) is 2.71. The Morgan fingerprint density at radius 1 is 0.893 bits per heavy atom. The summed E-state index contributed by atoms with van der Waals surface area (Å²) in [5, 5.41) is 2.18. The van der Waals surface area contributed by atoms with Gasteiger partial charge in [0.15, 0.2) is 0 Å². The number of amides is 4. The zero-order valence-corrected chi connectivity index (χ0v) is 15.5. The van der Waals surface area contributed by atoms with E-state index in [9.17, 15) is 14.4 Å². The van der Waals surface area contributed by atoms with Gasteiger partial charge in [-0.3, -0.25) is 14.9 Å². The summed E-state index contributed by atoms with van der Waals surface area (Å²) in [6.07, 6.45) is 1.37. The zero-order valence-electron chi connectivity index (χ0n) is 15.5. The Labute approximate surface area is 161 Å². The van der Waals surface area contributed by atoms with Crippen LogP contribution in [0.25, 0.3) is 6.08 Å². The van der Waals surface area contributed by atoms with Gasteiger partial charge in [-0.25, -0.2) is 9.69 Å². The number of anilines is 1. The third-order valence-electron chi connectivity index (χ3n) is 4.17. The summed E-state index contributed by atoms with van der Waals surface area (Å²) in [5.41, 5.74) is 0.498. The van der Waals surface area contributed by atoms with Gasteiger partial charge in [0.05, 0.1) is 27.0 Å². The predicted molar refractivity (Wildman–Crippen MR) is 102 cm³/mol. The van der Waals surface area contributed by atoms with Crippen LogP contribution < -0.4 is 24.4 Å². The number of imide groups is 2. The maximum absolute atomic E-state index is 13.0. The molecule has 8 nitrogen and oxygen atoms in total. The molecule has 8 heteroatoms.